The summed E-state index contributed by atoms with van der Waals surface area (Å²) in [5, 5.41) is 3.62. The number of anilines is 1. The number of hydrogen-bond acceptors (Lipinski definition) is 2. The SMILES string of the molecule is Clc1cc2c(s1)CCCC2Nc1ccc(I)cc1. The molecule has 0 saturated carbocycles. The van der Waals surface area contributed by atoms with Crippen LogP contribution in [0.2, 0.25) is 4.34 Å². The molecule has 0 amide bonds. The smallest absolute Gasteiger partial charge is 0.0934 e. The van der Waals surface area contributed by atoms with Crippen LogP contribution in [0.4, 0.5) is 5.69 Å². The van der Waals surface area contributed by atoms with Crippen LogP contribution in [0.1, 0.15) is 29.3 Å². The molecule has 1 nitrogen and oxygen atoms in total. The van der Waals surface area contributed by atoms with Crippen LogP contribution in [0, 0.1) is 3.57 Å². The second kappa shape index (κ2) is 5.39. The summed E-state index contributed by atoms with van der Waals surface area (Å²) in [6.07, 6.45) is 3.61. The first-order valence-electron chi connectivity index (χ1n) is 6.02. The highest BCUT2D eigenvalue weighted by Gasteiger charge is 2.22. The zero-order valence-corrected chi connectivity index (χ0v) is 13.5. The first kappa shape index (κ1) is 12.8. The first-order chi connectivity index (χ1) is 8.72. The molecule has 1 aliphatic rings. The van der Waals surface area contributed by atoms with E-state index >= 15 is 0 Å². The van der Waals surface area contributed by atoms with Crippen molar-refractivity contribution in [1.82, 2.24) is 0 Å². The van der Waals surface area contributed by atoms with Gasteiger partial charge in [-0.2, -0.15) is 0 Å². The monoisotopic (exact) mass is 389 g/mol. The van der Waals surface area contributed by atoms with Gasteiger partial charge in [0.15, 0.2) is 0 Å². The lowest BCUT2D eigenvalue weighted by Crippen LogP contribution is -2.15. The fraction of sp³-hybridized carbons (Fsp3) is 0.286. The minimum atomic E-state index is 0.414. The van der Waals surface area contributed by atoms with Gasteiger partial charge in [-0.15, -0.1) is 11.3 Å². The highest BCUT2D eigenvalue weighted by molar-refractivity contribution is 14.1. The Morgan fingerprint density at radius 2 is 2.06 bits per heavy atom. The molecule has 3 rings (SSSR count). The Hall–Kier alpha value is -0.260. The lowest BCUT2D eigenvalue weighted by molar-refractivity contribution is 0.609. The number of benzene rings is 1. The molecular formula is C14H13ClINS. The van der Waals surface area contributed by atoms with Crippen molar-refractivity contribution in [2.24, 2.45) is 0 Å². The molecule has 0 spiro atoms. The Labute approximate surface area is 130 Å². The maximum Gasteiger partial charge on any atom is 0.0934 e. The van der Waals surface area contributed by atoms with Crippen molar-refractivity contribution in [3.8, 4) is 0 Å². The third kappa shape index (κ3) is 2.68. The summed E-state index contributed by atoms with van der Waals surface area (Å²) in [4.78, 5) is 1.45. The zero-order valence-electron chi connectivity index (χ0n) is 9.75. The van der Waals surface area contributed by atoms with Gasteiger partial charge in [0.25, 0.3) is 0 Å². The van der Waals surface area contributed by atoms with E-state index in [0.29, 0.717) is 6.04 Å². The van der Waals surface area contributed by atoms with Gasteiger partial charge in [-0.1, -0.05) is 11.6 Å². The molecule has 1 aromatic heterocycles. The van der Waals surface area contributed by atoms with Crippen LogP contribution in [0.15, 0.2) is 30.3 Å². The number of rotatable bonds is 2. The number of thiophene rings is 1. The van der Waals surface area contributed by atoms with Crippen molar-refractivity contribution in [3.63, 3.8) is 0 Å². The van der Waals surface area contributed by atoms with Crippen molar-refractivity contribution in [3.05, 3.63) is 48.7 Å². The van der Waals surface area contributed by atoms with Gasteiger partial charge in [0, 0.05) is 14.1 Å². The predicted molar refractivity (Wildman–Crippen MR) is 87.8 cm³/mol. The fourth-order valence-electron chi connectivity index (χ4n) is 2.42. The average Bonchev–Trinajstić information content (AvgIpc) is 2.73. The van der Waals surface area contributed by atoms with E-state index in [2.05, 4.69) is 58.2 Å². The summed E-state index contributed by atoms with van der Waals surface area (Å²) in [5.74, 6) is 0. The predicted octanol–water partition coefficient (Wildman–Crippen LogP) is 5.50. The largest absolute Gasteiger partial charge is 0.378 e. The summed E-state index contributed by atoms with van der Waals surface area (Å²) < 4.78 is 2.18. The average molecular weight is 390 g/mol. The Morgan fingerprint density at radius 1 is 1.28 bits per heavy atom. The molecule has 1 aromatic carbocycles. The first-order valence-corrected chi connectivity index (χ1v) is 8.30. The Balaban J connectivity index is 1.83. The molecule has 0 fully saturated rings. The van der Waals surface area contributed by atoms with Gasteiger partial charge in [0.1, 0.15) is 0 Å². The Morgan fingerprint density at radius 3 is 2.83 bits per heavy atom. The van der Waals surface area contributed by atoms with Gasteiger partial charge in [0.2, 0.25) is 0 Å². The van der Waals surface area contributed by atoms with Gasteiger partial charge in [-0.3, -0.25) is 0 Å². The van der Waals surface area contributed by atoms with E-state index in [0.717, 1.165) is 4.34 Å². The van der Waals surface area contributed by atoms with E-state index in [9.17, 15) is 0 Å². The van der Waals surface area contributed by atoms with E-state index < -0.39 is 0 Å². The molecule has 0 radical (unpaired) electrons. The lowest BCUT2D eigenvalue weighted by atomic mass is 9.94. The van der Waals surface area contributed by atoms with Crippen LogP contribution < -0.4 is 5.32 Å². The van der Waals surface area contributed by atoms with Gasteiger partial charge in [0.05, 0.1) is 10.4 Å². The zero-order chi connectivity index (χ0) is 12.5. The highest BCUT2D eigenvalue weighted by Crippen LogP contribution is 2.39. The van der Waals surface area contributed by atoms with E-state index in [4.69, 9.17) is 11.6 Å². The van der Waals surface area contributed by atoms with Crippen molar-refractivity contribution >= 4 is 51.2 Å². The van der Waals surface area contributed by atoms with Crippen LogP contribution >= 0.6 is 45.5 Å². The summed E-state index contributed by atoms with van der Waals surface area (Å²) in [6, 6.07) is 11.1. The summed E-state index contributed by atoms with van der Waals surface area (Å²) in [6.45, 7) is 0. The number of aryl methyl sites for hydroxylation is 1. The molecule has 18 heavy (non-hydrogen) atoms. The van der Waals surface area contributed by atoms with Gasteiger partial charge >= 0.3 is 0 Å². The van der Waals surface area contributed by atoms with E-state index in [-0.39, 0.29) is 0 Å². The van der Waals surface area contributed by atoms with Crippen LogP contribution in [-0.2, 0) is 6.42 Å². The molecule has 1 heterocycles. The number of fused-ring (bicyclic) bond motifs is 1. The number of hydrogen-bond donors (Lipinski definition) is 1. The normalized spacial score (nSPS) is 18.4. The summed E-state index contributed by atoms with van der Waals surface area (Å²) in [5.41, 5.74) is 2.59. The molecule has 2 aromatic rings. The number of halogens is 2. The highest BCUT2D eigenvalue weighted by atomic mass is 127. The molecule has 0 bridgehead atoms. The van der Waals surface area contributed by atoms with Crippen LogP contribution in [0.25, 0.3) is 0 Å². The lowest BCUT2D eigenvalue weighted by Gasteiger charge is -2.24. The van der Waals surface area contributed by atoms with Crippen LogP contribution in [-0.4, -0.2) is 0 Å². The van der Waals surface area contributed by atoms with Gasteiger partial charge in [-0.05, 0) is 77.7 Å². The minimum absolute atomic E-state index is 0.414. The van der Waals surface area contributed by atoms with Crippen molar-refractivity contribution < 1.29 is 0 Å². The third-order valence-corrected chi connectivity index (χ3v) is 5.33. The number of nitrogens with one attached hydrogen (secondary N) is 1. The molecule has 1 unspecified atom stereocenters. The molecular weight excluding hydrogens is 377 g/mol. The van der Waals surface area contributed by atoms with Crippen molar-refractivity contribution in [2.75, 3.05) is 5.32 Å². The van der Waals surface area contributed by atoms with Crippen LogP contribution in [0.3, 0.4) is 0 Å². The summed E-state index contributed by atoms with van der Waals surface area (Å²) >= 11 is 10.2. The van der Waals surface area contributed by atoms with Crippen LogP contribution in [0.5, 0.6) is 0 Å². The molecule has 4 heteroatoms. The molecule has 1 atom stereocenters. The van der Waals surface area contributed by atoms with E-state index in [1.807, 2.05) is 0 Å². The van der Waals surface area contributed by atoms with Crippen molar-refractivity contribution in [2.45, 2.75) is 25.3 Å². The topological polar surface area (TPSA) is 12.0 Å². The molecule has 1 N–H and O–H groups in total. The van der Waals surface area contributed by atoms with E-state index in [1.165, 1.54) is 39.0 Å². The molecule has 0 aliphatic heterocycles. The molecule has 94 valence electrons. The van der Waals surface area contributed by atoms with E-state index in [1.54, 1.807) is 11.3 Å². The second-order valence-electron chi connectivity index (χ2n) is 4.53. The quantitative estimate of drug-likeness (QED) is 0.669. The fourth-order valence-corrected chi connectivity index (χ4v) is 4.16. The molecule has 0 saturated heterocycles. The molecule has 1 aliphatic carbocycles. The van der Waals surface area contributed by atoms with Crippen molar-refractivity contribution in [1.29, 1.82) is 0 Å². The van der Waals surface area contributed by atoms with Gasteiger partial charge in [-0.25, -0.2) is 0 Å². The second-order valence-corrected chi connectivity index (χ2v) is 7.54. The maximum absolute atomic E-state index is 6.13. The van der Waals surface area contributed by atoms with Gasteiger partial charge < -0.3 is 5.32 Å². The minimum Gasteiger partial charge on any atom is -0.378 e. The Bertz CT molecular complexity index is 549. The Kier molecular flexibility index (Phi) is 3.82. The third-order valence-electron chi connectivity index (χ3n) is 3.27. The maximum atomic E-state index is 6.13. The summed E-state index contributed by atoms with van der Waals surface area (Å²) in [7, 11) is 0. The standard InChI is InChI=1S/C14H13ClINS/c15-14-8-11-12(2-1-3-13(11)18-14)17-10-6-4-9(16)5-7-10/h4-8,12,17H,1-3H2.